The average molecular weight is 346 g/mol. The van der Waals surface area contributed by atoms with Crippen LogP contribution in [-0.2, 0) is 19.2 Å². The Balaban J connectivity index is 1.92. The molecule has 0 spiro atoms. The van der Waals surface area contributed by atoms with Gasteiger partial charge < -0.3 is 5.11 Å². The summed E-state index contributed by atoms with van der Waals surface area (Å²) in [6, 6.07) is 10.1. The van der Waals surface area contributed by atoms with E-state index < -0.39 is 16.0 Å². The maximum absolute atomic E-state index is 12.5. The topological polar surface area (TPSA) is 96.3 Å². The molecule has 0 bridgehead atoms. The number of rotatable bonds is 5. The molecule has 7 nitrogen and oxygen atoms in total. The molecule has 2 aromatic rings. The van der Waals surface area contributed by atoms with Crippen molar-refractivity contribution in [3.05, 3.63) is 53.0 Å². The molecule has 0 aliphatic carbocycles. The van der Waals surface area contributed by atoms with Crippen LogP contribution in [0.25, 0.3) is 6.08 Å². The van der Waals surface area contributed by atoms with Crippen LogP contribution in [0.15, 0.2) is 52.4 Å². The fourth-order valence-electron chi connectivity index (χ4n) is 2.25. The van der Waals surface area contributed by atoms with Crippen molar-refractivity contribution in [2.45, 2.75) is 11.8 Å². The van der Waals surface area contributed by atoms with Crippen LogP contribution in [-0.4, -0.2) is 26.0 Å². The van der Waals surface area contributed by atoms with Gasteiger partial charge in [0.25, 0.3) is 5.91 Å². The van der Waals surface area contributed by atoms with Crippen molar-refractivity contribution in [2.75, 3.05) is 11.6 Å². The number of phenols is 1. The molecule has 0 saturated heterocycles. The van der Waals surface area contributed by atoms with Crippen LogP contribution in [0.1, 0.15) is 6.92 Å². The van der Waals surface area contributed by atoms with E-state index in [1.54, 1.807) is 19.1 Å². The van der Waals surface area contributed by atoms with Crippen LogP contribution in [0.3, 0.4) is 0 Å². The third-order valence-electron chi connectivity index (χ3n) is 3.41. The van der Waals surface area contributed by atoms with E-state index in [2.05, 4.69) is 4.99 Å². The quantitative estimate of drug-likeness (QED) is 0.791. The highest BCUT2D eigenvalue weighted by atomic mass is 32.2. The molecule has 1 N–H and O–H groups in total. The first kappa shape index (κ1) is 16.2. The van der Waals surface area contributed by atoms with E-state index in [1.807, 2.05) is 0 Å². The highest BCUT2D eigenvalue weighted by molar-refractivity contribution is 7.86. The van der Waals surface area contributed by atoms with Gasteiger partial charge >= 0.3 is 10.1 Å². The fourth-order valence-corrected chi connectivity index (χ4v) is 3.27. The predicted octanol–water partition coefficient (Wildman–Crippen LogP) is 0.479. The summed E-state index contributed by atoms with van der Waals surface area (Å²) in [6.45, 7) is 2.01. The van der Waals surface area contributed by atoms with Gasteiger partial charge in [-0.25, -0.2) is 10.1 Å². The zero-order valence-electron chi connectivity index (χ0n) is 12.7. The molecule has 3 rings (SSSR count). The van der Waals surface area contributed by atoms with E-state index in [-0.39, 0.29) is 17.2 Å². The molecule has 0 radical (unpaired) electrons. The van der Waals surface area contributed by atoms with Gasteiger partial charge in [0.2, 0.25) is 0 Å². The van der Waals surface area contributed by atoms with E-state index in [1.165, 1.54) is 41.5 Å². The maximum atomic E-state index is 12.5. The molecule has 2 aromatic carbocycles. The molecule has 1 aliphatic rings. The molecular formula is C16H14N2O5S. The first-order valence-corrected chi connectivity index (χ1v) is 8.55. The van der Waals surface area contributed by atoms with Crippen molar-refractivity contribution in [2.24, 2.45) is 4.99 Å². The monoisotopic (exact) mass is 346 g/mol. The Morgan fingerprint density at radius 2 is 1.88 bits per heavy atom. The summed E-state index contributed by atoms with van der Waals surface area (Å²) in [5.74, 6) is -0.347. The molecule has 1 heterocycles. The Morgan fingerprint density at radius 3 is 2.54 bits per heavy atom. The Kier molecular flexibility index (Phi) is 4.08. The second-order valence-electron chi connectivity index (χ2n) is 5.05. The van der Waals surface area contributed by atoms with Gasteiger partial charge in [0, 0.05) is 17.8 Å². The molecule has 24 heavy (non-hydrogen) atoms. The molecule has 0 atom stereocenters. The van der Waals surface area contributed by atoms with Crippen LogP contribution >= 0.6 is 0 Å². The lowest BCUT2D eigenvalue weighted by atomic mass is 10.3. The number of hydroxylamine groups is 1. The minimum absolute atomic E-state index is 0.0697. The summed E-state index contributed by atoms with van der Waals surface area (Å²) in [6.07, 6.45) is 1.27. The number of amides is 1. The highest BCUT2D eigenvalue weighted by Gasteiger charge is 2.21. The number of anilines is 1. The Morgan fingerprint density at radius 1 is 1.17 bits per heavy atom. The SMILES string of the molecule is CCN(OS(=O)(=O)c1ccc2c(c1)=CC(=O)N=2)c1ccc(O)cc1. The number of hydrogen-bond acceptors (Lipinski definition) is 6. The lowest BCUT2D eigenvalue weighted by molar-refractivity contribution is -0.112. The molecule has 0 fully saturated rings. The second kappa shape index (κ2) is 6.06. The summed E-state index contributed by atoms with van der Waals surface area (Å²) in [7, 11) is -4.08. The van der Waals surface area contributed by atoms with E-state index in [9.17, 15) is 18.3 Å². The lowest BCUT2D eigenvalue weighted by Crippen LogP contribution is -2.29. The molecule has 0 unspecified atom stereocenters. The zero-order chi connectivity index (χ0) is 17.3. The number of phenolic OH excluding ortho intramolecular Hbond substituents is 1. The van der Waals surface area contributed by atoms with E-state index >= 15 is 0 Å². The highest BCUT2D eigenvalue weighted by Crippen LogP contribution is 2.21. The van der Waals surface area contributed by atoms with Gasteiger partial charge in [0.05, 0.1) is 15.9 Å². The molecular weight excluding hydrogens is 332 g/mol. The molecule has 8 heteroatoms. The summed E-state index contributed by atoms with van der Waals surface area (Å²) in [5.41, 5.74) is 0.483. The number of nitrogens with zero attached hydrogens (tertiary/aromatic N) is 2. The number of aromatic hydroxyl groups is 1. The Hall–Kier alpha value is -2.71. The standard InChI is InChI=1S/C16H14N2O5S/c1-2-18(12-3-5-13(19)6-4-12)23-24(21,22)14-7-8-15-11(9-14)10-16(20)17-15/h3-10,19H,2H2,1H3. The first-order valence-electron chi connectivity index (χ1n) is 7.15. The van der Waals surface area contributed by atoms with Gasteiger partial charge in [-0.2, -0.15) is 8.42 Å². The maximum Gasteiger partial charge on any atom is 0.317 e. The lowest BCUT2D eigenvalue weighted by Gasteiger charge is -2.21. The van der Waals surface area contributed by atoms with Crippen molar-refractivity contribution >= 4 is 27.8 Å². The zero-order valence-corrected chi connectivity index (χ0v) is 13.5. The molecule has 0 aromatic heterocycles. The smallest absolute Gasteiger partial charge is 0.317 e. The van der Waals surface area contributed by atoms with E-state index in [4.69, 9.17) is 4.28 Å². The van der Waals surface area contributed by atoms with E-state index in [0.29, 0.717) is 16.3 Å². The summed E-state index contributed by atoms with van der Waals surface area (Å²) in [4.78, 5) is 14.9. The summed E-state index contributed by atoms with van der Waals surface area (Å²) >= 11 is 0. The van der Waals surface area contributed by atoms with Gasteiger partial charge in [-0.3, -0.25) is 4.79 Å². The van der Waals surface area contributed by atoms with Crippen LogP contribution in [0.5, 0.6) is 5.75 Å². The fraction of sp³-hybridized carbons (Fsp3) is 0.125. The van der Waals surface area contributed by atoms with Crippen LogP contribution < -0.4 is 15.6 Å². The second-order valence-corrected chi connectivity index (χ2v) is 6.58. The number of benzene rings is 2. The van der Waals surface area contributed by atoms with Gasteiger partial charge in [0.1, 0.15) is 5.75 Å². The van der Waals surface area contributed by atoms with Crippen molar-refractivity contribution in [3.63, 3.8) is 0 Å². The third kappa shape index (κ3) is 3.15. The predicted molar refractivity (Wildman–Crippen MR) is 86.1 cm³/mol. The third-order valence-corrected chi connectivity index (χ3v) is 4.62. The van der Waals surface area contributed by atoms with Crippen molar-refractivity contribution < 1.29 is 22.6 Å². The van der Waals surface area contributed by atoms with Crippen molar-refractivity contribution in [1.29, 1.82) is 0 Å². The van der Waals surface area contributed by atoms with Gasteiger partial charge in [0.15, 0.2) is 0 Å². The number of fused-ring (bicyclic) bond motifs is 1. The summed E-state index contributed by atoms with van der Waals surface area (Å²) in [5, 5.41) is 11.4. The van der Waals surface area contributed by atoms with Crippen LogP contribution in [0, 0.1) is 0 Å². The largest absolute Gasteiger partial charge is 0.508 e. The van der Waals surface area contributed by atoms with Gasteiger partial charge in [-0.1, -0.05) is 0 Å². The first-order chi connectivity index (χ1) is 11.4. The molecule has 0 saturated carbocycles. The number of carbonyl (C=O) groups excluding carboxylic acids is 1. The van der Waals surface area contributed by atoms with Crippen LogP contribution in [0.2, 0.25) is 0 Å². The average Bonchev–Trinajstić information content (AvgIpc) is 2.92. The molecule has 1 aliphatic heterocycles. The minimum Gasteiger partial charge on any atom is -0.508 e. The molecule has 124 valence electrons. The van der Waals surface area contributed by atoms with Gasteiger partial charge in [-0.15, -0.1) is 4.28 Å². The number of hydrogen-bond donors (Lipinski definition) is 1. The Labute approximate surface area is 138 Å². The Bertz CT molecular complexity index is 1010. The molecule has 1 amide bonds. The number of carbonyl (C=O) groups is 1. The normalized spacial score (nSPS) is 13.1. The van der Waals surface area contributed by atoms with Crippen LogP contribution in [0.4, 0.5) is 5.69 Å². The minimum atomic E-state index is -4.08. The van der Waals surface area contributed by atoms with Crippen molar-refractivity contribution in [3.8, 4) is 5.75 Å². The van der Waals surface area contributed by atoms with Crippen molar-refractivity contribution in [1.82, 2.24) is 0 Å². The van der Waals surface area contributed by atoms with E-state index in [0.717, 1.165) is 0 Å². The van der Waals surface area contributed by atoms with Gasteiger partial charge in [-0.05, 0) is 49.4 Å². The summed E-state index contributed by atoms with van der Waals surface area (Å²) < 4.78 is 30.1.